The van der Waals surface area contributed by atoms with Crippen molar-refractivity contribution in [3.63, 3.8) is 0 Å². The van der Waals surface area contributed by atoms with Gasteiger partial charge in [-0.05, 0) is 30.7 Å². The first-order valence-corrected chi connectivity index (χ1v) is 8.77. The molecule has 2 aromatic heterocycles. The van der Waals surface area contributed by atoms with Gasteiger partial charge in [0.05, 0.1) is 30.0 Å². The molecule has 8 heteroatoms. The number of hydrogen-bond acceptors (Lipinski definition) is 4. The van der Waals surface area contributed by atoms with Crippen molar-refractivity contribution in [1.29, 1.82) is 0 Å². The molecule has 0 spiro atoms. The van der Waals surface area contributed by atoms with Gasteiger partial charge in [-0.25, -0.2) is 4.39 Å². The van der Waals surface area contributed by atoms with Crippen LogP contribution in [0.25, 0.3) is 0 Å². The number of benzene rings is 1. The lowest BCUT2D eigenvalue weighted by molar-refractivity contribution is -0.122. The summed E-state index contributed by atoms with van der Waals surface area (Å²) in [5, 5.41) is 9.55. The fourth-order valence-corrected chi connectivity index (χ4v) is 2.67. The van der Waals surface area contributed by atoms with Crippen molar-refractivity contribution < 1.29 is 14.0 Å². The topological polar surface area (TPSA) is 88.9 Å². The molecule has 1 aromatic carbocycles. The Bertz CT molecular complexity index is 958. The van der Waals surface area contributed by atoms with E-state index in [-0.39, 0.29) is 30.8 Å². The molecule has 3 rings (SSSR count). The number of hydrogen-bond donors (Lipinski definition) is 2. The maximum Gasteiger partial charge on any atom is 0.242 e. The summed E-state index contributed by atoms with van der Waals surface area (Å²) in [4.78, 5) is 28.4. The van der Waals surface area contributed by atoms with Crippen molar-refractivity contribution in [2.45, 2.75) is 25.9 Å². The summed E-state index contributed by atoms with van der Waals surface area (Å²) in [6.45, 7) is 1.85. The quantitative estimate of drug-likeness (QED) is 0.658. The van der Waals surface area contributed by atoms with Gasteiger partial charge < -0.3 is 10.6 Å². The largest absolute Gasteiger partial charge is 0.346 e. The number of amides is 2. The SMILES string of the molecule is C[C@H](NC(=O)Cn1cc(NC(=O)Cc2ccccc2F)cn1)c1ccccn1. The maximum atomic E-state index is 13.6. The minimum Gasteiger partial charge on any atom is -0.346 e. The molecule has 0 bridgehead atoms. The van der Waals surface area contributed by atoms with E-state index in [0.717, 1.165) is 5.69 Å². The van der Waals surface area contributed by atoms with Crippen molar-refractivity contribution >= 4 is 17.5 Å². The van der Waals surface area contributed by atoms with Crippen LogP contribution >= 0.6 is 0 Å². The average Bonchev–Trinajstić information content (AvgIpc) is 3.10. The molecule has 0 saturated carbocycles. The van der Waals surface area contributed by atoms with Crippen LogP contribution in [-0.4, -0.2) is 26.6 Å². The van der Waals surface area contributed by atoms with Crippen molar-refractivity contribution in [3.8, 4) is 0 Å². The van der Waals surface area contributed by atoms with E-state index in [1.54, 1.807) is 30.6 Å². The highest BCUT2D eigenvalue weighted by atomic mass is 19.1. The number of aromatic nitrogens is 3. The second-order valence-corrected chi connectivity index (χ2v) is 6.29. The number of halogens is 1. The third-order valence-corrected chi connectivity index (χ3v) is 4.04. The normalized spacial score (nSPS) is 11.6. The third kappa shape index (κ3) is 5.23. The van der Waals surface area contributed by atoms with Crippen molar-refractivity contribution in [2.75, 3.05) is 5.32 Å². The lowest BCUT2D eigenvalue weighted by Gasteiger charge is -2.13. The van der Waals surface area contributed by atoms with Gasteiger partial charge in [0.15, 0.2) is 0 Å². The monoisotopic (exact) mass is 381 g/mol. The fraction of sp³-hybridized carbons (Fsp3) is 0.200. The van der Waals surface area contributed by atoms with Crippen LogP contribution in [-0.2, 0) is 22.6 Å². The molecule has 7 nitrogen and oxygen atoms in total. The van der Waals surface area contributed by atoms with E-state index in [4.69, 9.17) is 0 Å². The summed E-state index contributed by atoms with van der Waals surface area (Å²) >= 11 is 0. The lowest BCUT2D eigenvalue weighted by atomic mass is 10.1. The second kappa shape index (κ2) is 8.90. The zero-order valence-electron chi connectivity index (χ0n) is 15.3. The maximum absolute atomic E-state index is 13.6. The Morgan fingerprint density at radius 2 is 1.93 bits per heavy atom. The predicted molar refractivity (Wildman–Crippen MR) is 102 cm³/mol. The van der Waals surface area contributed by atoms with Crippen molar-refractivity contribution in [1.82, 2.24) is 20.1 Å². The summed E-state index contributed by atoms with van der Waals surface area (Å²) in [7, 11) is 0. The van der Waals surface area contributed by atoms with Crippen molar-refractivity contribution in [2.24, 2.45) is 0 Å². The van der Waals surface area contributed by atoms with Gasteiger partial charge in [-0.15, -0.1) is 0 Å². The van der Waals surface area contributed by atoms with E-state index in [0.29, 0.717) is 11.3 Å². The molecule has 0 aliphatic heterocycles. The van der Waals surface area contributed by atoms with Gasteiger partial charge in [-0.1, -0.05) is 24.3 Å². The molecule has 0 aliphatic rings. The number of carbonyl (C=O) groups excluding carboxylic acids is 2. The van der Waals surface area contributed by atoms with Crippen LogP contribution in [0.1, 0.15) is 24.2 Å². The molecule has 0 unspecified atom stereocenters. The number of carbonyl (C=O) groups is 2. The number of pyridine rings is 1. The standard InChI is InChI=1S/C20H20FN5O2/c1-14(18-8-4-5-9-22-18)24-20(28)13-26-12-16(11-23-26)25-19(27)10-15-6-2-3-7-17(15)21/h2-9,11-12,14H,10,13H2,1H3,(H,24,28)(H,25,27)/t14-/m0/s1. The second-order valence-electron chi connectivity index (χ2n) is 6.29. The molecule has 2 N–H and O–H groups in total. The van der Waals surface area contributed by atoms with Crippen LogP contribution in [0.3, 0.4) is 0 Å². The predicted octanol–water partition coefficient (Wildman–Crippen LogP) is 2.48. The Kier molecular flexibility index (Phi) is 6.11. The summed E-state index contributed by atoms with van der Waals surface area (Å²) in [6, 6.07) is 11.4. The smallest absolute Gasteiger partial charge is 0.242 e. The molecule has 0 aliphatic carbocycles. The highest BCUT2D eigenvalue weighted by Gasteiger charge is 2.13. The minimum atomic E-state index is -0.424. The fourth-order valence-electron chi connectivity index (χ4n) is 2.67. The summed E-state index contributed by atoms with van der Waals surface area (Å²) < 4.78 is 15.0. The zero-order chi connectivity index (χ0) is 19.9. The zero-order valence-corrected chi connectivity index (χ0v) is 15.3. The Balaban J connectivity index is 1.51. The van der Waals surface area contributed by atoms with Crippen LogP contribution in [0.5, 0.6) is 0 Å². The van der Waals surface area contributed by atoms with Gasteiger partial charge in [0.25, 0.3) is 0 Å². The van der Waals surface area contributed by atoms with Crippen molar-refractivity contribution in [3.05, 3.63) is 78.1 Å². The van der Waals surface area contributed by atoms with Crippen LogP contribution in [0.4, 0.5) is 10.1 Å². The molecule has 0 saturated heterocycles. The van der Waals surface area contributed by atoms with E-state index in [9.17, 15) is 14.0 Å². The molecule has 2 amide bonds. The first-order chi connectivity index (χ1) is 13.5. The van der Waals surface area contributed by atoms with Crippen LogP contribution < -0.4 is 10.6 Å². The Hall–Kier alpha value is -3.55. The molecule has 1 atom stereocenters. The number of nitrogens with zero attached hydrogens (tertiary/aromatic N) is 3. The highest BCUT2D eigenvalue weighted by Crippen LogP contribution is 2.11. The molecule has 3 aromatic rings. The highest BCUT2D eigenvalue weighted by molar-refractivity contribution is 5.92. The molecule has 0 radical (unpaired) electrons. The molecular formula is C20H20FN5O2. The lowest BCUT2D eigenvalue weighted by Crippen LogP contribution is -2.30. The van der Waals surface area contributed by atoms with E-state index in [1.165, 1.54) is 16.9 Å². The minimum absolute atomic E-state index is 0.000355. The van der Waals surface area contributed by atoms with Gasteiger partial charge in [0.2, 0.25) is 11.8 Å². The Labute approximate surface area is 161 Å². The number of anilines is 1. The van der Waals surface area contributed by atoms with Crippen LogP contribution in [0.15, 0.2) is 61.1 Å². The molecule has 2 heterocycles. The first kappa shape index (κ1) is 19.2. The van der Waals surface area contributed by atoms with Gasteiger partial charge in [-0.3, -0.25) is 19.3 Å². The molecule has 144 valence electrons. The van der Waals surface area contributed by atoms with Gasteiger partial charge >= 0.3 is 0 Å². The van der Waals surface area contributed by atoms with E-state index in [2.05, 4.69) is 20.7 Å². The van der Waals surface area contributed by atoms with Crippen LogP contribution in [0, 0.1) is 5.82 Å². The summed E-state index contributed by atoms with van der Waals surface area (Å²) in [5.41, 5.74) is 1.51. The van der Waals surface area contributed by atoms with Gasteiger partial charge in [-0.2, -0.15) is 5.10 Å². The summed E-state index contributed by atoms with van der Waals surface area (Å²) in [6.07, 6.45) is 4.57. The van der Waals surface area contributed by atoms with E-state index in [1.807, 2.05) is 25.1 Å². The first-order valence-electron chi connectivity index (χ1n) is 8.77. The van der Waals surface area contributed by atoms with Gasteiger partial charge in [0, 0.05) is 12.4 Å². The Morgan fingerprint density at radius 3 is 2.68 bits per heavy atom. The average molecular weight is 381 g/mol. The number of rotatable bonds is 7. The van der Waals surface area contributed by atoms with Crippen LogP contribution in [0.2, 0.25) is 0 Å². The van der Waals surface area contributed by atoms with E-state index < -0.39 is 5.82 Å². The summed E-state index contributed by atoms with van der Waals surface area (Å²) in [5.74, 6) is -1.02. The number of nitrogens with one attached hydrogen (secondary N) is 2. The molecule has 0 fully saturated rings. The van der Waals surface area contributed by atoms with E-state index >= 15 is 0 Å². The molecular weight excluding hydrogens is 361 g/mol. The Morgan fingerprint density at radius 1 is 1.14 bits per heavy atom. The molecule has 28 heavy (non-hydrogen) atoms. The third-order valence-electron chi connectivity index (χ3n) is 4.04. The van der Waals surface area contributed by atoms with Gasteiger partial charge in [0.1, 0.15) is 12.4 Å².